The summed E-state index contributed by atoms with van der Waals surface area (Å²) in [6, 6.07) is 4.10. The zero-order chi connectivity index (χ0) is 19.9. The monoisotopic (exact) mass is 414 g/mol. The number of nitrogens with one attached hydrogen (secondary N) is 2. The number of amides is 1. The van der Waals surface area contributed by atoms with Gasteiger partial charge in [0.1, 0.15) is 4.90 Å². The number of hydrogen-bond donors (Lipinski definition) is 2. The first kappa shape index (κ1) is 21.9. The van der Waals surface area contributed by atoms with Crippen molar-refractivity contribution in [3.63, 3.8) is 0 Å². The Morgan fingerprint density at radius 3 is 2.33 bits per heavy atom. The number of benzene rings is 1. The Morgan fingerprint density at radius 1 is 1.07 bits per heavy atom. The van der Waals surface area contributed by atoms with Gasteiger partial charge in [0.2, 0.25) is 15.9 Å². The van der Waals surface area contributed by atoms with Gasteiger partial charge in [-0.25, -0.2) is 13.1 Å². The summed E-state index contributed by atoms with van der Waals surface area (Å²) in [6.07, 6.45) is 7.12. The van der Waals surface area contributed by atoms with E-state index >= 15 is 0 Å². The van der Waals surface area contributed by atoms with Gasteiger partial charge in [-0.1, -0.05) is 43.7 Å². The highest BCUT2D eigenvalue weighted by molar-refractivity contribution is 7.89. The maximum atomic E-state index is 12.8. The van der Waals surface area contributed by atoms with E-state index in [2.05, 4.69) is 10.0 Å². The van der Waals surface area contributed by atoms with Crippen LogP contribution in [0.3, 0.4) is 0 Å². The third kappa shape index (κ3) is 6.59. The molecular formula is C19H27ClN2O4S. The summed E-state index contributed by atoms with van der Waals surface area (Å²) in [4.78, 5) is 23.5. The van der Waals surface area contributed by atoms with Gasteiger partial charge >= 0.3 is 0 Å². The SMILES string of the molecule is CNC(=O)CCC(=O)c1ccc(Cl)c(S(=O)(=O)NC2CCCCCCC2)c1. The summed E-state index contributed by atoms with van der Waals surface area (Å²) in [6.45, 7) is 0. The molecule has 1 amide bonds. The second-order valence-corrected chi connectivity index (χ2v) is 8.99. The van der Waals surface area contributed by atoms with E-state index < -0.39 is 10.0 Å². The molecule has 1 aromatic rings. The van der Waals surface area contributed by atoms with E-state index in [0.717, 1.165) is 38.5 Å². The smallest absolute Gasteiger partial charge is 0.242 e. The summed E-state index contributed by atoms with van der Waals surface area (Å²) >= 11 is 6.12. The van der Waals surface area contributed by atoms with Gasteiger partial charge < -0.3 is 5.32 Å². The van der Waals surface area contributed by atoms with Gasteiger partial charge in [-0.05, 0) is 31.0 Å². The minimum absolute atomic E-state index is 0.0108. The molecule has 0 spiro atoms. The molecule has 1 saturated carbocycles. The molecule has 0 radical (unpaired) electrons. The molecule has 150 valence electrons. The second-order valence-electron chi connectivity index (χ2n) is 6.90. The van der Waals surface area contributed by atoms with E-state index in [1.54, 1.807) is 0 Å². The number of hydrogen-bond acceptors (Lipinski definition) is 4. The molecule has 8 heteroatoms. The molecule has 1 fully saturated rings. The first-order valence-electron chi connectivity index (χ1n) is 9.39. The van der Waals surface area contributed by atoms with Gasteiger partial charge in [0, 0.05) is 31.5 Å². The Bertz CT molecular complexity index is 772. The predicted molar refractivity (Wildman–Crippen MR) is 106 cm³/mol. The third-order valence-corrected chi connectivity index (χ3v) is 6.83. The summed E-state index contributed by atoms with van der Waals surface area (Å²) < 4.78 is 28.4. The molecule has 1 aliphatic carbocycles. The quantitative estimate of drug-likeness (QED) is 0.668. The van der Waals surface area contributed by atoms with Gasteiger partial charge in [0.15, 0.2) is 5.78 Å². The molecule has 2 N–H and O–H groups in total. The molecule has 1 aromatic carbocycles. The van der Waals surface area contributed by atoms with Crippen molar-refractivity contribution in [3.8, 4) is 0 Å². The summed E-state index contributed by atoms with van der Waals surface area (Å²) in [7, 11) is -2.32. The van der Waals surface area contributed by atoms with Gasteiger partial charge in [0.05, 0.1) is 5.02 Å². The van der Waals surface area contributed by atoms with Crippen molar-refractivity contribution in [3.05, 3.63) is 28.8 Å². The van der Waals surface area contributed by atoms with Crippen molar-refractivity contribution < 1.29 is 18.0 Å². The predicted octanol–water partition coefficient (Wildman–Crippen LogP) is 3.44. The van der Waals surface area contributed by atoms with Crippen LogP contribution >= 0.6 is 11.6 Å². The van der Waals surface area contributed by atoms with Gasteiger partial charge in [-0.15, -0.1) is 0 Å². The summed E-state index contributed by atoms with van der Waals surface area (Å²) in [5.41, 5.74) is 0.237. The number of carbonyl (C=O) groups is 2. The fraction of sp³-hybridized carbons (Fsp3) is 0.579. The third-order valence-electron chi connectivity index (χ3n) is 4.83. The van der Waals surface area contributed by atoms with Crippen LogP contribution in [-0.2, 0) is 14.8 Å². The Morgan fingerprint density at radius 2 is 1.70 bits per heavy atom. The van der Waals surface area contributed by atoms with Crippen molar-refractivity contribution in [1.82, 2.24) is 10.0 Å². The fourth-order valence-corrected chi connectivity index (χ4v) is 5.07. The Labute approximate surface area is 166 Å². The van der Waals surface area contributed by atoms with Crippen LogP contribution in [-0.4, -0.2) is 33.2 Å². The van der Waals surface area contributed by atoms with Crippen molar-refractivity contribution in [2.45, 2.75) is 68.7 Å². The second kappa shape index (κ2) is 10.2. The summed E-state index contributed by atoms with van der Waals surface area (Å²) in [5, 5.41) is 2.53. The number of halogens is 1. The van der Waals surface area contributed by atoms with E-state index in [9.17, 15) is 18.0 Å². The van der Waals surface area contributed by atoms with Crippen LogP contribution in [0, 0.1) is 0 Å². The zero-order valence-electron chi connectivity index (χ0n) is 15.6. The first-order valence-corrected chi connectivity index (χ1v) is 11.3. The van der Waals surface area contributed by atoms with E-state index in [1.807, 2.05) is 0 Å². The largest absolute Gasteiger partial charge is 0.359 e. The average Bonchev–Trinajstić information content (AvgIpc) is 2.61. The molecule has 6 nitrogen and oxygen atoms in total. The minimum Gasteiger partial charge on any atom is -0.359 e. The maximum absolute atomic E-state index is 12.8. The number of ketones is 1. The van der Waals surface area contributed by atoms with E-state index in [0.29, 0.717) is 0 Å². The molecule has 0 aromatic heterocycles. The molecule has 0 heterocycles. The van der Waals surface area contributed by atoms with E-state index in [1.165, 1.54) is 31.7 Å². The van der Waals surface area contributed by atoms with Crippen LogP contribution in [0.15, 0.2) is 23.1 Å². The van der Waals surface area contributed by atoms with Crippen LogP contribution in [0.25, 0.3) is 0 Å². The molecule has 2 rings (SSSR count). The van der Waals surface area contributed by atoms with Crippen molar-refractivity contribution in [1.29, 1.82) is 0 Å². The lowest BCUT2D eigenvalue weighted by atomic mass is 9.97. The van der Waals surface area contributed by atoms with Crippen LogP contribution < -0.4 is 10.0 Å². The van der Waals surface area contributed by atoms with Crippen molar-refractivity contribution >= 4 is 33.3 Å². The highest BCUT2D eigenvalue weighted by Gasteiger charge is 2.24. The van der Waals surface area contributed by atoms with Gasteiger partial charge in [-0.3, -0.25) is 9.59 Å². The maximum Gasteiger partial charge on any atom is 0.242 e. The lowest BCUT2D eigenvalue weighted by molar-refractivity contribution is -0.120. The van der Waals surface area contributed by atoms with E-state index in [-0.39, 0.29) is 46.1 Å². The van der Waals surface area contributed by atoms with Crippen molar-refractivity contribution in [2.75, 3.05) is 7.05 Å². The molecule has 1 aliphatic rings. The van der Waals surface area contributed by atoms with Crippen LogP contribution in [0.2, 0.25) is 5.02 Å². The number of rotatable bonds is 7. The Balaban J connectivity index is 2.15. The normalized spacial score (nSPS) is 16.4. The number of sulfonamides is 1. The molecule has 0 unspecified atom stereocenters. The zero-order valence-corrected chi connectivity index (χ0v) is 17.2. The highest BCUT2D eigenvalue weighted by Crippen LogP contribution is 2.25. The lowest BCUT2D eigenvalue weighted by Gasteiger charge is -2.21. The minimum atomic E-state index is -3.82. The molecule has 27 heavy (non-hydrogen) atoms. The molecular weight excluding hydrogens is 388 g/mol. The van der Waals surface area contributed by atoms with Gasteiger partial charge in [-0.2, -0.15) is 0 Å². The standard InChI is InChI=1S/C19H27ClN2O4S/c1-21-19(24)12-11-17(23)14-9-10-16(20)18(13-14)27(25,26)22-15-7-5-3-2-4-6-8-15/h9-10,13,15,22H,2-8,11-12H2,1H3,(H,21,24). The van der Waals surface area contributed by atoms with E-state index in [4.69, 9.17) is 11.6 Å². The van der Waals surface area contributed by atoms with Crippen LogP contribution in [0.1, 0.15) is 68.1 Å². The van der Waals surface area contributed by atoms with Crippen LogP contribution in [0.4, 0.5) is 0 Å². The lowest BCUT2D eigenvalue weighted by Crippen LogP contribution is -2.35. The van der Waals surface area contributed by atoms with Crippen molar-refractivity contribution in [2.24, 2.45) is 0 Å². The Hall–Kier alpha value is -1.44. The fourth-order valence-electron chi connectivity index (χ4n) is 3.24. The first-order chi connectivity index (χ1) is 12.8. The average molecular weight is 415 g/mol. The molecule has 0 aliphatic heterocycles. The number of carbonyl (C=O) groups excluding carboxylic acids is 2. The topological polar surface area (TPSA) is 92.3 Å². The summed E-state index contributed by atoms with van der Waals surface area (Å²) in [5.74, 6) is -0.534. The Kier molecular flexibility index (Phi) is 8.26. The molecule has 0 saturated heterocycles. The van der Waals surface area contributed by atoms with Gasteiger partial charge in [0.25, 0.3) is 0 Å². The molecule has 0 atom stereocenters. The molecule has 0 bridgehead atoms. The highest BCUT2D eigenvalue weighted by atomic mass is 35.5. The number of Topliss-reactive ketones (excluding diaryl/α,β-unsaturated/α-hetero) is 1. The van der Waals surface area contributed by atoms with Crippen LogP contribution in [0.5, 0.6) is 0 Å².